The molecule has 1 unspecified atom stereocenters. The molecule has 0 fully saturated rings. The molecule has 0 rings (SSSR count). The average Bonchev–Trinajstić information content (AvgIpc) is 1.98. The Balaban J connectivity index is 3.08. The smallest absolute Gasteiger partial charge is 0.0693 e. The Bertz CT molecular complexity index is 98.5. The van der Waals surface area contributed by atoms with E-state index >= 15 is 0 Å². The fourth-order valence-electron chi connectivity index (χ4n) is 0.889. The lowest BCUT2D eigenvalue weighted by Gasteiger charge is -2.10. The van der Waals surface area contributed by atoms with E-state index in [0.717, 1.165) is 19.0 Å². The van der Waals surface area contributed by atoms with Crippen molar-refractivity contribution in [2.75, 3.05) is 26.8 Å². The molecule has 0 aliphatic rings. The highest BCUT2D eigenvalue weighted by Gasteiger charge is 2.02. The summed E-state index contributed by atoms with van der Waals surface area (Å²) in [5.41, 5.74) is 0. The molecule has 1 N–H and O–H groups in total. The van der Waals surface area contributed by atoms with Crippen LogP contribution >= 0.6 is 11.6 Å². The van der Waals surface area contributed by atoms with E-state index in [4.69, 9.17) is 16.3 Å². The predicted molar refractivity (Wildman–Crippen MR) is 53.8 cm³/mol. The van der Waals surface area contributed by atoms with Gasteiger partial charge in [0.15, 0.2) is 0 Å². The van der Waals surface area contributed by atoms with Crippen molar-refractivity contribution < 1.29 is 4.74 Å². The standard InChI is InChI=1S/C9H20ClNO/c1-8(2)4-5-11-6-9(10)7-12-3/h8-9,11H,4-7H2,1-3H3. The van der Waals surface area contributed by atoms with Crippen LogP contribution in [0.2, 0.25) is 0 Å². The Morgan fingerprint density at radius 3 is 2.58 bits per heavy atom. The number of ether oxygens (including phenoxy) is 1. The van der Waals surface area contributed by atoms with Crippen LogP contribution in [-0.4, -0.2) is 32.2 Å². The largest absolute Gasteiger partial charge is 0.383 e. The van der Waals surface area contributed by atoms with Crippen molar-refractivity contribution in [2.45, 2.75) is 25.6 Å². The van der Waals surface area contributed by atoms with Crippen LogP contribution in [0.25, 0.3) is 0 Å². The number of alkyl halides is 1. The van der Waals surface area contributed by atoms with Gasteiger partial charge in [0, 0.05) is 13.7 Å². The second-order valence-corrected chi connectivity index (χ2v) is 4.06. The van der Waals surface area contributed by atoms with E-state index < -0.39 is 0 Å². The van der Waals surface area contributed by atoms with Gasteiger partial charge in [-0.15, -0.1) is 11.6 Å². The van der Waals surface area contributed by atoms with Crippen molar-refractivity contribution in [3.8, 4) is 0 Å². The van der Waals surface area contributed by atoms with Crippen LogP contribution in [0.1, 0.15) is 20.3 Å². The van der Waals surface area contributed by atoms with Gasteiger partial charge in [-0.2, -0.15) is 0 Å². The molecule has 0 bridgehead atoms. The minimum atomic E-state index is 0.0992. The number of hydrogen-bond acceptors (Lipinski definition) is 2. The van der Waals surface area contributed by atoms with Gasteiger partial charge >= 0.3 is 0 Å². The molecule has 0 aliphatic heterocycles. The summed E-state index contributed by atoms with van der Waals surface area (Å²) in [7, 11) is 1.67. The molecule has 0 aromatic carbocycles. The highest BCUT2D eigenvalue weighted by molar-refractivity contribution is 6.20. The molecular formula is C9H20ClNO. The fraction of sp³-hybridized carbons (Fsp3) is 1.00. The summed E-state index contributed by atoms with van der Waals surface area (Å²) in [6.07, 6.45) is 1.20. The molecule has 74 valence electrons. The van der Waals surface area contributed by atoms with Gasteiger partial charge in [0.25, 0.3) is 0 Å². The predicted octanol–water partition coefficient (Wildman–Crippen LogP) is 1.88. The van der Waals surface area contributed by atoms with Gasteiger partial charge < -0.3 is 10.1 Å². The van der Waals surface area contributed by atoms with E-state index in [1.807, 2.05) is 0 Å². The molecule has 0 saturated carbocycles. The second kappa shape index (κ2) is 7.84. The van der Waals surface area contributed by atoms with Gasteiger partial charge in [0.2, 0.25) is 0 Å². The highest BCUT2D eigenvalue weighted by Crippen LogP contribution is 1.97. The van der Waals surface area contributed by atoms with Crippen molar-refractivity contribution in [1.29, 1.82) is 0 Å². The Hall–Kier alpha value is 0.210. The number of methoxy groups -OCH3 is 1. The minimum Gasteiger partial charge on any atom is -0.383 e. The Labute approximate surface area is 80.6 Å². The van der Waals surface area contributed by atoms with Crippen LogP contribution in [0.5, 0.6) is 0 Å². The maximum atomic E-state index is 5.91. The molecular weight excluding hydrogens is 174 g/mol. The van der Waals surface area contributed by atoms with E-state index in [9.17, 15) is 0 Å². The van der Waals surface area contributed by atoms with E-state index in [1.165, 1.54) is 6.42 Å². The second-order valence-electron chi connectivity index (χ2n) is 3.44. The topological polar surface area (TPSA) is 21.3 Å². The quantitative estimate of drug-likeness (QED) is 0.493. The molecule has 0 radical (unpaired) electrons. The Morgan fingerprint density at radius 2 is 2.08 bits per heavy atom. The third-order valence-corrected chi connectivity index (χ3v) is 1.89. The zero-order valence-corrected chi connectivity index (χ0v) is 9.03. The molecule has 1 atom stereocenters. The summed E-state index contributed by atoms with van der Waals surface area (Å²) in [6.45, 7) is 6.94. The summed E-state index contributed by atoms with van der Waals surface area (Å²) in [5, 5.41) is 3.39. The first-order valence-corrected chi connectivity index (χ1v) is 4.94. The number of halogens is 1. The zero-order valence-electron chi connectivity index (χ0n) is 8.27. The normalized spacial score (nSPS) is 13.8. The van der Waals surface area contributed by atoms with Crippen LogP contribution in [-0.2, 0) is 4.74 Å². The van der Waals surface area contributed by atoms with Crippen LogP contribution in [0.3, 0.4) is 0 Å². The third kappa shape index (κ3) is 8.31. The van der Waals surface area contributed by atoms with E-state index in [2.05, 4.69) is 19.2 Å². The van der Waals surface area contributed by atoms with Crippen molar-refractivity contribution in [1.82, 2.24) is 5.32 Å². The highest BCUT2D eigenvalue weighted by atomic mass is 35.5. The molecule has 0 amide bonds. The maximum Gasteiger partial charge on any atom is 0.0693 e. The van der Waals surface area contributed by atoms with Crippen molar-refractivity contribution in [2.24, 2.45) is 5.92 Å². The SMILES string of the molecule is COCC(Cl)CNCCC(C)C. The van der Waals surface area contributed by atoms with Gasteiger partial charge in [0.05, 0.1) is 12.0 Å². The van der Waals surface area contributed by atoms with Crippen LogP contribution in [0.4, 0.5) is 0 Å². The molecule has 2 nitrogen and oxygen atoms in total. The number of hydrogen-bond donors (Lipinski definition) is 1. The molecule has 0 saturated heterocycles. The third-order valence-electron chi connectivity index (χ3n) is 1.61. The van der Waals surface area contributed by atoms with E-state index in [0.29, 0.717) is 6.61 Å². The fourth-order valence-corrected chi connectivity index (χ4v) is 1.12. The lowest BCUT2D eigenvalue weighted by molar-refractivity contribution is 0.197. The van der Waals surface area contributed by atoms with E-state index in [-0.39, 0.29) is 5.38 Å². The number of rotatable bonds is 7. The molecule has 0 spiro atoms. The van der Waals surface area contributed by atoms with Crippen molar-refractivity contribution in [3.63, 3.8) is 0 Å². The van der Waals surface area contributed by atoms with Crippen LogP contribution in [0.15, 0.2) is 0 Å². The average molecular weight is 194 g/mol. The van der Waals surface area contributed by atoms with Gasteiger partial charge in [-0.05, 0) is 18.9 Å². The van der Waals surface area contributed by atoms with E-state index in [1.54, 1.807) is 7.11 Å². The molecule has 0 aliphatic carbocycles. The summed E-state index contributed by atoms with van der Waals surface area (Å²) in [5.74, 6) is 0.758. The first-order valence-electron chi connectivity index (χ1n) is 4.50. The van der Waals surface area contributed by atoms with Gasteiger partial charge in [0.1, 0.15) is 0 Å². The summed E-state index contributed by atoms with van der Waals surface area (Å²) in [6, 6.07) is 0. The van der Waals surface area contributed by atoms with Gasteiger partial charge in [-0.25, -0.2) is 0 Å². The van der Waals surface area contributed by atoms with Crippen LogP contribution in [0, 0.1) is 5.92 Å². The molecule has 0 heterocycles. The lowest BCUT2D eigenvalue weighted by atomic mass is 10.1. The van der Waals surface area contributed by atoms with Crippen molar-refractivity contribution in [3.05, 3.63) is 0 Å². The Kier molecular flexibility index (Phi) is 7.98. The molecule has 12 heavy (non-hydrogen) atoms. The minimum absolute atomic E-state index is 0.0992. The first-order chi connectivity index (χ1) is 5.66. The first kappa shape index (κ1) is 12.2. The Morgan fingerprint density at radius 1 is 1.42 bits per heavy atom. The molecule has 0 aromatic rings. The summed E-state index contributed by atoms with van der Waals surface area (Å²) in [4.78, 5) is 0. The molecule has 3 heteroatoms. The van der Waals surface area contributed by atoms with Crippen molar-refractivity contribution >= 4 is 11.6 Å². The monoisotopic (exact) mass is 193 g/mol. The number of nitrogens with one attached hydrogen (secondary N) is 1. The zero-order chi connectivity index (χ0) is 9.40. The van der Waals surface area contributed by atoms with Gasteiger partial charge in [-0.3, -0.25) is 0 Å². The van der Waals surface area contributed by atoms with Gasteiger partial charge in [-0.1, -0.05) is 13.8 Å². The lowest BCUT2D eigenvalue weighted by Crippen LogP contribution is -2.27. The van der Waals surface area contributed by atoms with Crippen LogP contribution < -0.4 is 5.32 Å². The summed E-state index contributed by atoms with van der Waals surface area (Å²) < 4.78 is 4.91. The summed E-state index contributed by atoms with van der Waals surface area (Å²) >= 11 is 5.91. The maximum absolute atomic E-state index is 5.91. The molecule has 0 aromatic heterocycles.